The number of amides is 1. The fourth-order valence-corrected chi connectivity index (χ4v) is 3.82. The maximum absolute atomic E-state index is 13.4. The molecule has 1 saturated carbocycles. The molecular weight excluding hydrogens is 326 g/mol. The summed E-state index contributed by atoms with van der Waals surface area (Å²) < 4.78 is 1.68. The van der Waals surface area contributed by atoms with Crippen molar-refractivity contribution in [2.45, 2.75) is 19.8 Å². The van der Waals surface area contributed by atoms with Gasteiger partial charge in [-0.25, -0.2) is 9.50 Å². The third-order valence-electron chi connectivity index (χ3n) is 5.31. The molecular formula is C20H21N5O. The first-order chi connectivity index (χ1) is 12.7. The predicted molar refractivity (Wildman–Crippen MR) is 101 cm³/mol. The first-order valence-corrected chi connectivity index (χ1v) is 9.18. The van der Waals surface area contributed by atoms with E-state index in [4.69, 9.17) is 0 Å². The Labute approximate surface area is 152 Å². The van der Waals surface area contributed by atoms with Crippen molar-refractivity contribution in [3.8, 4) is 0 Å². The smallest absolute Gasteiger partial charge is 0.264 e. The van der Waals surface area contributed by atoms with E-state index < -0.39 is 0 Å². The van der Waals surface area contributed by atoms with Crippen LogP contribution in [0.3, 0.4) is 0 Å². The van der Waals surface area contributed by atoms with Crippen molar-refractivity contribution in [2.24, 2.45) is 5.92 Å². The summed E-state index contributed by atoms with van der Waals surface area (Å²) in [5.41, 5.74) is 4.07. The number of para-hydroxylation sites is 2. The summed E-state index contributed by atoms with van der Waals surface area (Å²) in [4.78, 5) is 22.1. The van der Waals surface area contributed by atoms with Crippen LogP contribution in [-0.2, 0) is 0 Å². The minimum atomic E-state index is -0.0188. The second-order valence-electron chi connectivity index (χ2n) is 7.18. The number of hydrogen-bond acceptors (Lipinski definition) is 4. The van der Waals surface area contributed by atoms with Crippen LogP contribution < -0.4 is 9.80 Å². The minimum Gasteiger partial charge on any atom is -0.368 e. The quantitative estimate of drug-likeness (QED) is 0.731. The van der Waals surface area contributed by atoms with Gasteiger partial charge in [0.1, 0.15) is 5.56 Å². The van der Waals surface area contributed by atoms with Crippen LogP contribution in [0.15, 0.2) is 42.7 Å². The number of fused-ring (bicyclic) bond motifs is 2. The van der Waals surface area contributed by atoms with E-state index in [9.17, 15) is 4.79 Å². The third-order valence-corrected chi connectivity index (χ3v) is 5.31. The maximum atomic E-state index is 13.4. The van der Waals surface area contributed by atoms with Crippen LogP contribution in [0.5, 0.6) is 0 Å². The topological polar surface area (TPSA) is 53.7 Å². The number of hydrogen-bond donors (Lipinski definition) is 0. The van der Waals surface area contributed by atoms with E-state index in [1.807, 2.05) is 36.2 Å². The standard InChI is InChI=1S/C20H21N5O/c1-14-18(19-21-9-4-10-25(19)22-14)20(26)24-12-11-23(13-15-7-8-15)16-5-2-3-6-17(16)24/h2-6,9-10,15H,7-8,11-13H2,1H3. The van der Waals surface area contributed by atoms with Gasteiger partial charge in [-0.3, -0.25) is 4.79 Å². The van der Waals surface area contributed by atoms with Gasteiger partial charge in [-0.1, -0.05) is 12.1 Å². The van der Waals surface area contributed by atoms with Crippen molar-refractivity contribution < 1.29 is 4.79 Å². The van der Waals surface area contributed by atoms with Crippen LogP contribution in [0.2, 0.25) is 0 Å². The first kappa shape index (κ1) is 15.4. The normalized spacial score (nSPS) is 16.8. The highest BCUT2D eigenvalue weighted by Gasteiger charge is 2.32. The highest BCUT2D eigenvalue weighted by Crippen LogP contribution is 2.38. The van der Waals surface area contributed by atoms with Gasteiger partial charge in [-0.05, 0) is 43.9 Å². The van der Waals surface area contributed by atoms with E-state index in [2.05, 4.69) is 27.1 Å². The lowest BCUT2D eigenvalue weighted by Gasteiger charge is -2.37. The summed E-state index contributed by atoms with van der Waals surface area (Å²) >= 11 is 0. The van der Waals surface area contributed by atoms with Gasteiger partial charge >= 0.3 is 0 Å². The Hall–Kier alpha value is -2.89. The number of carbonyl (C=O) groups is 1. The first-order valence-electron chi connectivity index (χ1n) is 9.18. The Morgan fingerprint density at radius 2 is 1.96 bits per heavy atom. The average molecular weight is 347 g/mol. The molecule has 6 heteroatoms. The van der Waals surface area contributed by atoms with Crippen molar-refractivity contribution >= 4 is 22.9 Å². The minimum absolute atomic E-state index is 0.0188. The van der Waals surface area contributed by atoms with E-state index in [1.54, 1.807) is 10.7 Å². The molecule has 0 saturated heterocycles. The zero-order valence-electron chi connectivity index (χ0n) is 14.8. The van der Waals surface area contributed by atoms with E-state index >= 15 is 0 Å². The summed E-state index contributed by atoms with van der Waals surface area (Å²) in [6.45, 7) is 4.52. The molecule has 2 aromatic heterocycles. The molecule has 1 amide bonds. The van der Waals surface area contributed by atoms with Crippen LogP contribution >= 0.6 is 0 Å². The summed E-state index contributed by atoms with van der Waals surface area (Å²) in [6, 6.07) is 10.0. The fraction of sp³-hybridized carbons (Fsp3) is 0.350. The summed E-state index contributed by atoms with van der Waals surface area (Å²) in [5.74, 6) is 0.797. The molecule has 0 N–H and O–H groups in total. The van der Waals surface area contributed by atoms with Gasteiger partial charge in [-0.2, -0.15) is 5.10 Å². The molecule has 6 nitrogen and oxygen atoms in total. The summed E-state index contributed by atoms with van der Waals surface area (Å²) in [7, 11) is 0. The number of benzene rings is 1. The molecule has 5 rings (SSSR count). The molecule has 1 fully saturated rings. The highest BCUT2D eigenvalue weighted by atomic mass is 16.2. The van der Waals surface area contributed by atoms with Gasteiger partial charge in [0.15, 0.2) is 5.65 Å². The van der Waals surface area contributed by atoms with Gasteiger partial charge < -0.3 is 9.80 Å². The molecule has 0 atom stereocenters. The highest BCUT2D eigenvalue weighted by molar-refractivity contribution is 6.12. The molecule has 0 bridgehead atoms. The Bertz CT molecular complexity index is 991. The van der Waals surface area contributed by atoms with Crippen LogP contribution in [-0.4, -0.2) is 40.1 Å². The zero-order chi connectivity index (χ0) is 17.7. The largest absolute Gasteiger partial charge is 0.368 e. The third kappa shape index (κ3) is 2.44. The van der Waals surface area contributed by atoms with Crippen molar-refractivity contribution in [1.82, 2.24) is 14.6 Å². The zero-order valence-corrected chi connectivity index (χ0v) is 14.8. The molecule has 26 heavy (non-hydrogen) atoms. The molecule has 3 aromatic rings. The lowest BCUT2D eigenvalue weighted by molar-refractivity contribution is 0.0987. The van der Waals surface area contributed by atoms with Crippen molar-refractivity contribution in [1.29, 1.82) is 0 Å². The lowest BCUT2D eigenvalue weighted by Crippen LogP contribution is -2.45. The van der Waals surface area contributed by atoms with Gasteiger partial charge in [0.25, 0.3) is 5.91 Å². The van der Waals surface area contributed by atoms with Crippen molar-refractivity contribution in [3.05, 3.63) is 54.0 Å². The molecule has 3 heterocycles. The van der Waals surface area contributed by atoms with Crippen LogP contribution in [0.25, 0.3) is 5.65 Å². The number of carbonyl (C=O) groups excluding carboxylic acids is 1. The average Bonchev–Trinajstić information content (AvgIpc) is 3.41. The second kappa shape index (κ2) is 5.83. The Morgan fingerprint density at radius 1 is 1.15 bits per heavy atom. The molecule has 1 aromatic carbocycles. The number of aromatic nitrogens is 3. The van der Waals surface area contributed by atoms with E-state index in [0.717, 1.165) is 30.4 Å². The summed E-state index contributed by atoms with van der Waals surface area (Å²) in [5, 5.41) is 4.44. The molecule has 1 aliphatic heterocycles. The van der Waals surface area contributed by atoms with Crippen molar-refractivity contribution in [2.75, 3.05) is 29.4 Å². The Morgan fingerprint density at radius 3 is 2.77 bits per heavy atom. The maximum Gasteiger partial charge on any atom is 0.264 e. The number of rotatable bonds is 3. The van der Waals surface area contributed by atoms with E-state index in [-0.39, 0.29) is 5.91 Å². The predicted octanol–water partition coefficient (Wildman–Crippen LogP) is 2.91. The second-order valence-corrected chi connectivity index (χ2v) is 7.18. The van der Waals surface area contributed by atoms with Crippen molar-refractivity contribution in [3.63, 3.8) is 0 Å². The number of anilines is 2. The lowest BCUT2D eigenvalue weighted by atomic mass is 10.1. The van der Waals surface area contributed by atoms with Gasteiger partial charge in [0, 0.05) is 32.0 Å². The van der Waals surface area contributed by atoms with Crippen LogP contribution in [0, 0.1) is 12.8 Å². The number of nitrogens with zero attached hydrogens (tertiary/aromatic N) is 5. The monoisotopic (exact) mass is 347 g/mol. The Balaban J connectivity index is 1.54. The molecule has 1 aliphatic carbocycles. The summed E-state index contributed by atoms with van der Waals surface area (Å²) in [6.07, 6.45) is 6.19. The van der Waals surface area contributed by atoms with E-state index in [1.165, 1.54) is 12.8 Å². The molecule has 0 unspecified atom stereocenters. The fourth-order valence-electron chi connectivity index (χ4n) is 3.82. The molecule has 0 spiro atoms. The van der Waals surface area contributed by atoms with Gasteiger partial charge in [0.2, 0.25) is 0 Å². The van der Waals surface area contributed by atoms with Crippen LogP contribution in [0.4, 0.5) is 11.4 Å². The Kier molecular flexibility index (Phi) is 3.45. The van der Waals surface area contributed by atoms with Gasteiger partial charge in [0.05, 0.1) is 17.1 Å². The SMILES string of the molecule is Cc1nn2cccnc2c1C(=O)N1CCN(CC2CC2)c2ccccc21. The molecule has 132 valence electrons. The van der Waals surface area contributed by atoms with E-state index in [0.29, 0.717) is 23.4 Å². The van der Waals surface area contributed by atoms with Crippen LogP contribution in [0.1, 0.15) is 28.9 Å². The number of aryl methyl sites for hydroxylation is 1. The van der Waals surface area contributed by atoms with Gasteiger partial charge in [-0.15, -0.1) is 0 Å². The molecule has 0 radical (unpaired) electrons. The molecule has 2 aliphatic rings.